The number of carbonyl (C=O) groups excluding carboxylic acids is 1. The van der Waals surface area contributed by atoms with Gasteiger partial charge in [-0.1, -0.05) is 35.5 Å². The van der Waals surface area contributed by atoms with Crippen molar-refractivity contribution in [3.63, 3.8) is 0 Å². The zero-order valence-corrected chi connectivity index (χ0v) is 18.1. The number of hydrogen-bond acceptors (Lipinski definition) is 5. The van der Waals surface area contributed by atoms with Crippen molar-refractivity contribution in [2.75, 3.05) is 6.54 Å². The Bertz CT molecular complexity index is 926. The molecule has 6 nitrogen and oxygen atoms in total. The topological polar surface area (TPSA) is 80.0 Å². The summed E-state index contributed by atoms with van der Waals surface area (Å²) in [5.74, 6) is 3.24. The van der Waals surface area contributed by atoms with E-state index in [9.17, 15) is 4.79 Å². The van der Waals surface area contributed by atoms with Gasteiger partial charge in [0, 0.05) is 41.8 Å². The molecule has 4 fully saturated rings. The lowest BCUT2D eigenvalue weighted by atomic mass is 9.86. The number of nitrogens with zero attached hydrogens (tertiary/aromatic N) is 2. The molecule has 4 aliphatic rings. The van der Waals surface area contributed by atoms with E-state index in [0.29, 0.717) is 23.9 Å². The number of rotatable bonds is 8. The average Bonchev–Trinajstić information content (AvgIpc) is 3.70. The quantitative estimate of drug-likeness (QED) is 0.679. The Kier molecular flexibility index (Phi) is 4.86. The van der Waals surface area contributed by atoms with Crippen molar-refractivity contribution in [3.8, 4) is 0 Å². The van der Waals surface area contributed by atoms with Crippen molar-refractivity contribution in [1.82, 2.24) is 20.8 Å². The maximum atomic E-state index is 12.0. The monoisotopic (exact) mass is 420 g/mol. The van der Waals surface area contributed by atoms with Crippen molar-refractivity contribution in [2.24, 2.45) is 5.92 Å². The zero-order valence-electron chi connectivity index (χ0n) is 18.1. The molecule has 1 aromatic carbocycles. The molecule has 6 rings (SSSR count). The fraction of sp³-hybridized carbons (Fsp3) is 0.640. The molecule has 31 heavy (non-hydrogen) atoms. The number of benzene rings is 1. The van der Waals surface area contributed by atoms with Crippen molar-refractivity contribution >= 4 is 5.91 Å². The van der Waals surface area contributed by atoms with E-state index in [0.717, 1.165) is 69.6 Å². The fourth-order valence-corrected chi connectivity index (χ4v) is 5.21. The van der Waals surface area contributed by atoms with Gasteiger partial charge in [0.25, 0.3) is 0 Å². The standard InChI is InChI=1S/C25H32N4O2/c30-22(17-6-7-17)27-19-10-8-18(9-11-19)23-28-24(29-31-23)25(12-13-25)15-26-21-14-20(21)16-4-2-1-3-5-16/h1-5,17-21,26H,6-15H2,(H,27,30)/t18?,19?,20-,21+/m0/s1. The Morgan fingerprint density at radius 1 is 1.06 bits per heavy atom. The van der Waals surface area contributed by atoms with Crippen molar-refractivity contribution in [3.05, 3.63) is 47.6 Å². The molecule has 0 unspecified atom stereocenters. The average molecular weight is 421 g/mol. The van der Waals surface area contributed by atoms with Gasteiger partial charge >= 0.3 is 0 Å². The van der Waals surface area contributed by atoms with Gasteiger partial charge in [-0.3, -0.25) is 4.79 Å². The molecule has 6 heteroatoms. The van der Waals surface area contributed by atoms with Crippen LogP contribution in [0.2, 0.25) is 0 Å². The van der Waals surface area contributed by atoms with Crippen LogP contribution in [0.1, 0.15) is 86.9 Å². The van der Waals surface area contributed by atoms with Crippen LogP contribution in [0.15, 0.2) is 34.9 Å². The van der Waals surface area contributed by atoms with Gasteiger partial charge in [-0.15, -0.1) is 0 Å². The fourth-order valence-electron chi connectivity index (χ4n) is 5.21. The maximum absolute atomic E-state index is 12.0. The highest BCUT2D eigenvalue weighted by molar-refractivity contribution is 5.81. The Morgan fingerprint density at radius 3 is 2.55 bits per heavy atom. The summed E-state index contributed by atoms with van der Waals surface area (Å²) in [6.45, 7) is 0.944. The van der Waals surface area contributed by atoms with Crippen LogP contribution in [-0.4, -0.2) is 34.7 Å². The molecule has 2 atom stereocenters. The van der Waals surface area contributed by atoms with Gasteiger partial charge in [0.1, 0.15) is 0 Å². The van der Waals surface area contributed by atoms with E-state index >= 15 is 0 Å². The van der Waals surface area contributed by atoms with Gasteiger partial charge in [0.05, 0.1) is 0 Å². The molecule has 0 bridgehead atoms. The third kappa shape index (κ3) is 4.14. The van der Waals surface area contributed by atoms with E-state index in [2.05, 4.69) is 46.1 Å². The summed E-state index contributed by atoms with van der Waals surface area (Å²) in [6, 6.07) is 11.7. The van der Waals surface area contributed by atoms with Crippen molar-refractivity contribution in [1.29, 1.82) is 0 Å². The third-order valence-electron chi connectivity index (χ3n) is 7.86. The number of aromatic nitrogens is 2. The molecule has 4 aliphatic carbocycles. The lowest BCUT2D eigenvalue weighted by Crippen LogP contribution is -2.38. The Balaban J connectivity index is 1.01. The molecule has 0 saturated heterocycles. The summed E-state index contributed by atoms with van der Waals surface area (Å²) in [7, 11) is 0. The van der Waals surface area contributed by atoms with E-state index in [4.69, 9.17) is 9.51 Å². The Hall–Kier alpha value is -2.21. The smallest absolute Gasteiger partial charge is 0.229 e. The number of hydrogen-bond donors (Lipinski definition) is 2. The Labute approximate surface area is 183 Å². The first-order valence-electron chi connectivity index (χ1n) is 12.1. The number of nitrogens with one attached hydrogen (secondary N) is 2. The van der Waals surface area contributed by atoms with Gasteiger partial charge in [-0.2, -0.15) is 4.98 Å². The van der Waals surface area contributed by atoms with E-state index in [-0.39, 0.29) is 17.2 Å². The molecule has 2 aromatic rings. The van der Waals surface area contributed by atoms with Crippen LogP contribution in [0.4, 0.5) is 0 Å². The van der Waals surface area contributed by atoms with Crippen LogP contribution in [0.3, 0.4) is 0 Å². The van der Waals surface area contributed by atoms with Crippen molar-refractivity contribution in [2.45, 2.75) is 87.1 Å². The maximum Gasteiger partial charge on any atom is 0.229 e. The molecular weight excluding hydrogens is 388 g/mol. The van der Waals surface area contributed by atoms with E-state index < -0.39 is 0 Å². The molecule has 0 aliphatic heterocycles. The normalized spacial score (nSPS) is 31.2. The second kappa shape index (κ2) is 7.73. The van der Waals surface area contributed by atoms with Crippen LogP contribution in [0.25, 0.3) is 0 Å². The van der Waals surface area contributed by atoms with Gasteiger partial charge in [-0.05, 0) is 63.4 Å². The molecule has 2 N–H and O–H groups in total. The van der Waals surface area contributed by atoms with E-state index in [1.54, 1.807) is 0 Å². The minimum atomic E-state index is 0.0705. The van der Waals surface area contributed by atoms with Crippen LogP contribution >= 0.6 is 0 Å². The minimum absolute atomic E-state index is 0.0705. The Morgan fingerprint density at radius 2 is 1.84 bits per heavy atom. The molecule has 4 saturated carbocycles. The summed E-state index contributed by atoms with van der Waals surface area (Å²) in [4.78, 5) is 16.9. The van der Waals surface area contributed by atoms with E-state index in [1.165, 1.54) is 12.0 Å². The van der Waals surface area contributed by atoms with E-state index in [1.807, 2.05) is 0 Å². The summed E-state index contributed by atoms with van der Waals surface area (Å²) in [6.07, 6.45) is 9.69. The largest absolute Gasteiger partial charge is 0.353 e. The molecule has 0 spiro atoms. The summed E-state index contributed by atoms with van der Waals surface area (Å²) in [5.41, 5.74) is 1.51. The second-order valence-electron chi connectivity index (χ2n) is 10.3. The lowest BCUT2D eigenvalue weighted by Gasteiger charge is -2.27. The predicted molar refractivity (Wildman–Crippen MR) is 117 cm³/mol. The van der Waals surface area contributed by atoms with Gasteiger partial charge in [-0.25, -0.2) is 0 Å². The molecule has 0 radical (unpaired) electrons. The van der Waals surface area contributed by atoms with Crippen LogP contribution in [0, 0.1) is 5.92 Å². The third-order valence-corrected chi connectivity index (χ3v) is 7.86. The highest BCUT2D eigenvalue weighted by Crippen LogP contribution is 2.48. The lowest BCUT2D eigenvalue weighted by molar-refractivity contribution is -0.123. The first kappa shape index (κ1) is 19.5. The molecule has 164 valence electrons. The molecule has 1 amide bonds. The SMILES string of the molecule is O=C(NC1CCC(c2nc(C3(CN[C@@H]4C[C@H]4c4ccccc4)CC3)no2)CC1)C1CC1. The first-order valence-corrected chi connectivity index (χ1v) is 12.1. The number of amides is 1. The van der Waals surface area contributed by atoms with Gasteiger partial charge < -0.3 is 15.2 Å². The van der Waals surface area contributed by atoms with Gasteiger partial charge in [0.2, 0.25) is 11.8 Å². The second-order valence-corrected chi connectivity index (χ2v) is 10.3. The predicted octanol–water partition coefficient (Wildman–Crippen LogP) is 3.80. The first-order chi connectivity index (χ1) is 15.2. The summed E-state index contributed by atoms with van der Waals surface area (Å²) >= 11 is 0. The van der Waals surface area contributed by atoms with Gasteiger partial charge in [0.15, 0.2) is 5.82 Å². The van der Waals surface area contributed by atoms with Crippen molar-refractivity contribution < 1.29 is 9.32 Å². The highest BCUT2D eigenvalue weighted by Gasteiger charge is 2.50. The summed E-state index contributed by atoms with van der Waals surface area (Å²) in [5, 5.41) is 11.4. The van der Waals surface area contributed by atoms with Crippen LogP contribution in [0.5, 0.6) is 0 Å². The zero-order chi connectivity index (χ0) is 20.8. The highest BCUT2D eigenvalue weighted by atomic mass is 16.5. The summed E-state index contributed by atoms with van der Waals surface area (Å²) < 4.78 is 5.73. The van der Waals surface area contributed by atoms with Crippen LogP contribution in [-0.2, 0) is 10.2 Å². The molecular formula is C25H32N4O2. The minimum Gasteiger partial charge on any atom is -0.353 e. The van der Waals surface area contributed by atoms with Crippen LogP contribution < -0.4 is 10.6 Å². The molecule has 1 aromatic heterocycles. The number of carbonyl (C=O) groups is 1. The molecule has 1 heterocycles.